The fraction of sp³-hybridized carbons (Fsp3) is 0.429. The first kappa shape index (κ1) is 15.8. The molecule has 0 spiro atoms. The van der Waals surface area contributed by atoms with E-state index in [-0.39, 0.29) is 0 Å². The Bertz CT molecular complexity index is 651. The standard InChI is InChI=1S/C14H19N5S2/c1-4-10-11(5-2)18-19-14(12(10)13(15)20)17-7-9-6-16-8(3)21-9/h6H,4-5,7H2,1-3H3,(H2,15,20)(H,17,19). The molecule has 0 fully saturated rings. The van der Waals surface area contributed by atoms with E-state index in [9.17, 15) is 0 Å². The summed E-state index contributed by atoms with van der Waals surface area (Å²) >= 11 is 6.86. The highest BCUT2D eigenvalue weighted by Crippen LogP contribution is 2.22. The van der Waals surface area contributed by atoms with Gasteiger partial charge in [0, 0.05) is 11.1 Å². The van der Waals surface area contributed by atoms with Gasteiger partial charge in [0.05, 0.1) is 22.8 Å². The number of nitrogens with one attached hydrogen (secondary N) is 1. The second kappa shape index (κ2) is 6.91. The lowest BCUT2D eigenvalue weighted by Gasteiger charge is -2.15. The monoisotopic (exact) mass is 321 g/mol. The van der Waals surface area contributed by atoms with Crippen LogP contribution in [0.3, 0.4) is 0 Å². The fourth-order valence-electron chi connectivity index (χ4n) is 2.22. The zero-order valence-electron chi connectivity index (χ0n) is 12.4. The van der Waals surface area contributed by atoms with Crippen molar-refractivity contribution in [2.75, 3.05) is 5.32 Å². The van der Waals surface area contributed by atoms with Crippen molar-refractivity contribution < 1.29 is 0 Å². The number of hydrogen-bond acceptors (Lipinski definition) is 6. The highest BCUT2D eigenvalue weighted by molar-refractivity contribution is 7.80. The summed E-state index contributed by atoms with van der Waals surface area (Å²) in [5, 5.41) is 12.9. The summed E-state index contributed by atoms with van der Waals surface area (Å²) in [6.45, 7) is 6.76. The molecule has 5 nitrogen and oxygen atoms in total. The molecule has 0 amide bonds. The first-order valence-electron chi connectivity index (χ1n) is 6.90. The van der Waals surface area contributed by atoms with Gasteiger partial charge in [0.1, 0.15) is 4.99 Å². The molecule has 0 aliphatic heterocycles. The SMILES string of the molecule is CCc1nnc(NCc2cnc(C)s2)c(C(N)=S)c1CC. The summed E-state index contributed by atoms with van der Waals surface area (Å²) in [7, 11) is 0. The van der Waals surface area contributed by atoms with Crippen LogP contribution >= 0.6 is 23.6 Å². The largest absolute Gasteiger partial charge is 0.389 e. The number of hydrogen-bond donors (Lipinski definition) is 2. The number of thiocarbonyl (C=S) groups is 1. The molecule has 0 saturated carbocycles. The van der Waals surface area contributed by atoms with E-state index in [4.69, 9.17) is 18.0 Å². The molecule has 2 aromatic rings. The second-order valence-corrected chi connectivity index (χ2v) is 6.38. The van der Waals surface area contributed by atoms with Crippen molar-refractivity contribution in [3.05, 3.63) is 32.9 Å². The van der Waals surface area contributed by atoms with E-state index in [1.54, 1.807) is 11.3 Å². The van der Waals surface area contributed by atoms with Gasteiger partial charge in [0.2, 0.25) is 0 Å². The molecule has 7 heteroatoms. The van der Waals surface area contributed by atoms with Crippen LogP contribution in [0.4, 0.5) is 5.82 Å². The quantitative estimate of drug-likeness (QED) is 0.797. The van der Waals surface area contributed by atoms with Crippen LogP contribution in [0.25, 0.3) is 0 Å². The van der Waals surface area contributed by atoms with Crippen molar-refractivity contribution in [1.82, 2.24) is 15.2 Å². The number of nitrogens with two attached hydrogens (primary N) is 1. The third-order valence-electron chi connectivity index (χ3n) is 3.19. The maximum Gasteiger partial charge on any atom is 0.159 e. The number of aromatic nitrogens is 3. The molecular weight excluding hydrogens is 302 g/mol. The average molecular weight is 321 g/mol. The minimum Gasteiger partial charge on any atom is -0.389 e. The molecule has 0 aromatic carbocycles. The van der Waals surface area contributed by atoms with Gasteiger partial charge in [-0.1, -0.05) is 26.1 Å². The molecule has 0 aliphatic rings. The molecule has 0 aliphatic carbocycles. The first-order chi connectivity index (χ1) is 10.1. The minimum atomic E-state index is 0.361. The van der Waals surface area contributed by atoms with Gasteiger partial charge in [0.15, 0.2) is 5.82 Å². The zero-order chi connectivity index (χ0) is 15.4. The maximum absolute atomic E-state index is 5.90. The van der Waals surface area contributed by atoms with Gasteiger partial charge < -0.3 is 11.1 Å². The lowest BCUT2D eigenvalue weighted by Crippen LogP contribution is -2.19. The van der Waals surface area contributed by atoms with Gasteiger partial charge in [0.25, 0.3) is 0 Å². The van der Waals surface area contributed by atoms with Crippen LogP contribution in [0.15, 0.2) is 6.20 Å². The molecule has 2 aromatic heterocycles. The van der Waals surface area contributed by atoms with Gasteiger partial charge >= 0.3 is 0 Å². The minimum absolute atomic E-state index is 0.361. The molecule has 2 rings (SSSR count). The van der Waals surface area contributed by atoms with Crippen molar-refractivity contribution in [2.24, 2.45) is 5.73 Å². The van der Waals surface area contributed by atoms with Crippen molar-refractivity contribution in [3.63, 3.8) is 0 Å². The number of thiazole rings is 1. The van der Waals surface area contributed by atoms with E-state index in [2.05, 4.69) is 34.3 Å². The van der Waals surface area contributed by atoms with Crippen LogP contribution in [0.2, 0.25) is 0 Å². The van der Waals surface area contributed by atoms with Gasteiger partial charge in [-0.25, -0.2) is 4.98 Å². The van der Waals surface area contributed by atoms with Crippen LogP contribution < -0.4 is 11.1 Å². The summed E-state index contributed by atoms with van der Waals surface area (Å²) in [5.74, 6) is 0.655. The van der Waals surface area contributed by atoms with E-state index in [1.165, 1.54) is 0 Å². The number of anilines is 1. The highest BCUT2D eigenvalue weighted by Gasteiger charge is 2.16. The van der Waals surface area contributed by atoms with Crippen molar-refractivity contribution >= 4 is 34.4 Å². The summed E-state index contributed by atoms with van der Waals surface area (Å²) in [6, 6.07) is 0. The smallest absolute Gasteiger partial charge is 0.159 e. The van der Waals surface area contributed by atoms with Gasteiger partial charge in [-0.2, -0.15) is 5.10 Å². The van der Waals surface area contributed by atoms with Crippen molar-refractivity contribution in [2.45, 2.75) is 40.2 Å². The van der Waals surface area contributed by atoms with Crippen LogP contribution in [0, 0.1) is 6.92 Å². The summed E-state index contributed by atoms with van der Waals surface area (Å²) in [5.41, 5.74) is 8.77. The van der Waals surface area contributed by atoms with Gasteiger partial charge in [-0.3, -0.25) is 0 Å². The normalized spacial score (nSPS) is 10.6. The van der Waals surface area contributed by atoms with Crippen LogP contribution in [-0.4, -0.2) is 20.2 Å². The van der Waals surface area contributed by atoms with E-state index in [0.29, 0.717) is 17.4 Å². The number of aryl methyl sites for hydroxylation is 2. The summed E-state index contributed by atoms with van der Waals surface area (Å²) in [4.78, 5) is 5.74. The van der Waals surface area contributed by atoms with Crippen LogP contribution in [0.1, 0.15) is 40.6 Å². The predicted octanol–water partition coefficient (Wildman–Crippen LogP) is 2.61. The molecule has 0 radical (unpaired) electrons. The molecule has 0 atom stereocenters. The number of nitrogens with zero attached hydrogens (tertiary/aromatic N) is 3. The third kappa shape index (κ3) is 3.54. The Hall–Kier alpha value is -1.60. The van der Waals surface area contributed by atoms with Crippen molar-refractivity contribution in [1.29, 1.82) is 0 Å². The first-order valence-corrected chi connectivity index (χ1v) is 8.12. The molecule has 2 heterocycles. The Balaban J connectivity index is 2.32. The van der Waals surface area contributed by atoms with Crippen LogP contribution in [-0.2, 0) is 19.4 Å². The fourth-order valence-corrected chi connectivity index (χ4v) is 3.17. The Kier molecular flexibility index (Phi) is 5.19. The Labute approximate surface area is 134 Å². The highest BCUT2D eigenvalue weighted by atomic mass is 32.1. The predicted molar refractivity (Wildman–Crippen MR) is 90.9 cm³/mol. The van der Waals surface area contributed by atoms with Gasteiger partial charge in [-0.05, 0) is 25.3 Å². The summed E-state index contributed by atoms with van der Waals surface area (Å²) < 4.78 is 0. The molecule has 112 valence electrons. The average Bonchev–Trinajstić information content (AvgIpc) is 2.89. The Morgan fingerprint density at radius 3 is 2.62 bits per heavy atom. The Morgan fingerprint density at radius 2 is 2.10 bits per heavy atom. The Morgan fingerprint density at radius 1 is 1.33 bits per heavy atom. The molecule has 3 N–H and O–H groups in total. The maximum atomic E-state index is 5.90. The van der Waals surface area contributed by atoms with E-state index < -0.39 is 0 Å². The molecule has 21 heavy (non-hydrogen) atoms. The van der Waals surface area contributed by atoms with Crippen molar-refractivity contribution in [3.8, 4) is 0 Å². The second-order valence-electron chi connectivity index (χ2n) is 4.62. The molecule has 0 bridgehead atoms. The lowest BCUT2D eigenvalue weighted by atomic mass is 10.0. The van der Waals surface area contributed by atoms with E-state index >= 15 is 0 Å². The molecular formula is C14H19N5S2. The lowest BCUT2D eigenvalue weighted by molar-refractivity contribution is 0.872. The number of rotatable bonds is 6. The third-order valence-corrected chi connectivity index (χ3v) is 4.31. The molecule has 0 unspecified atom stereocenters. The topological polar surface area (TPSA) is 76.7 Å². The summed E-state index contributed by atoms with van der Waals surface area (Å²) in [6.07, 6.45) is 3.52. The van der Waals surface area contributed by atoms with Crippen LogP contribution in [0.5, 0.6) is 0 Å². The van der Waals surface area contributed by atoms with Gasteiger partial charge in [-0.15, -0.1) is 16.4 Å². The molecule has 0 saturated heterocycles. The van der Waals surface area contributed by atoms with E-state index in [1.807, 2.05) is 13.1 Å². The zero-order valence-corrected chi connectivity index (χ0v) is 14.1. The van der Waals surface area contributed by atoms with E-state index in [0.717, 1.165) is 39.5 Å².